The Morgan fingerprint density at radius 1 is 1.29 bits per heavy atom. The molecular weight excluding hydrogens is 214 g/mol. The molecule has 0 bridgehead atoms. The van der Waals surface area contributed by atoms with Gasteiger partial charge in [0.05, 0.1) is 0 Å². The summed E-state index contributed by atoms with van der Waals surface area (Å²) in [6, 6.07) is 9.89. The lowest BCUT2D eigenvalue weighted by Crippen LogP contribution is -2.15. The van der Waals surface area contributed by atoms with E-state index in [0.29, 0.717) is 6.42 Å². The summed E-state index contributed by atoms with van der Waals surface area (Å²) in [7, 11) is 0. The van der Waals surface area contributed by atoms with E-state index in [2.05, 4.69) is 0 Å². The summed E-state index contributed by atoms with van der Waals surface area (Å²) in [5.41, 5.74) is 6.64. The van der Waals surface area contributed by atoms with Gasteiger partial charge in [0, 0.05) is 12.5 Å². The van der Waals surface area contributed by atoms with Crippen molar-refractivity contribution >= 4 is 5.97 Å². The first-order chi connectivity index (χ1) is 8.09. The number of nitrogens with two attached hydrogens (primary N) is 1. The van der Waals surface area contributed by atoms with Crippen molar-refractivity contribution in [3.05, 3.63) is 35.9 Å². The monoisotopic (exact) mass is 235 g/mol. The van der Waals surface area contributed by atoms with Crippen molar-refractivity contribution in [3.8, 4) is 0 Å². The van der Waals surface area contributed by atoms with Gasteiger partial charge in [0.1, 0.15) is 6.10 Å². The van der Waals surface area contributed by atoms with Crippen molar-refractivity contribution in [2.75, 3.05) is 0 Å². The first-order valence-corrected chi connectivity index (χ1v) is 6.09. The Balaban J connectivity index is 2.31. The van der Waals surface area contributed by atoms with Gasteiger partial charge >= 0.3 is 5.97 Å². The first kappa shape index (κ1) is 13.7. The standard InChI is InChI=1S/C14H21NO2/c1-11(15)7-6-10-14(16)17-12(2)13-8-4-3-5-9-13/h3-5,8-9,11-12H,6-7,10,15H2,1-2H3. The van der Waals surface area contributed by atoms with E-state index in [1.165, 1.54) is 0 Å². The Kier molecular flexibility index (Phi) is 5.70. The molecule has 0 saturated carbocycles. The molecule has 2 atom stereocenters. The van der Waals surface area contributed by atoms with E-state index in [4.69, 9.17) is 10.5 Å². The van der Waals surface area contributed by atoms with Gasteiger partial charge in [-0.25, -0.2) is 0 Å². The Labute approximate surface area is 103 Å². The summed E-state index contributed by atoms with van der Waals surface area (Å²) in [5.74, 6) is -0.151. The zero-order valence-electron chi connectivity index (χ0n) is 10.6. The smallest absolute Gasteiger partial charge is 0.306 e. The first-order valence-electron chi connectivity index (χ1n) is 6.09. The van der Waals surface area contributed by atoms with Crippen LogP contribution in [-0.2, 0) is 9.53 Å². The van der Waals surface area contributed by atoms with E-state index in [-0.39, 0.29) is 18.1 Å². The third kappa shape index (κ3) is 5.50. The maximum absolute atomic E-state index is 11.5. The van der Waals surface area contributed by atoms with Crippen molar-refractivity contribution < 1.29 is 9.53 Å². The van der Waals surface area contributed by atoms with Crippen LogP contribution in [0, 0.1) is 0 Å². The van der Waals surface area contributed by atoms with Crippen LogP contribution in [0.5, 0.6) is 0 Å². The quantitative estimate of drug-likeness (QED) is 0.771. The van der Waals surface area contributed by atoms with Crippen LogP contribution in [-0.4, -0.2) is 12.0 Å². The highest BCUT2D eigenvalue weighted by Gasteiger charge is 2.11. The van der Waals surface area contributed by atoms with Crippen molar-refractivity contribution in [1.29, 1.82) is 0 Å². The molecular formula is C14H21NO2. The Hall–Kier alpha value is -1.35. The normalized spacial score (nSPS) is 14.1. The van der Waals surface area contributed by atoms with E-state index in [1.54, 1.807) is 0 Å². The van der Waals surface area contributed by atoms with Crippen LogP contribution in [0.3, 0.4) is 0 Å². The lowest BCUT2D eigenvalue weighted by molar-refractivity contribution is -0.148. The molecule has 1 aromatic rings. The van der Waals surface area contributed by atoms with Gasteiger partial charge < -0.3 is 10.5 Å². The average Bonchev–Trinajstić information content (AvgIpc) is 2.29. The molecule has 2 unspecified atom stereocenters. The Morgan fingerprint density at radius 3 is 2.53 bits per heavy atom. The van der Waals surface area contributed by atoms with Crippen LogP contribution >= 0.6 is 0 Å². The number of esters is 1. The van der Waals surface area contributed by atoms with Crippen LogP contribution in [0.4, 0.5) is 0 Å². The van der Waals surface area contributed by atoms with Crippen molar-refractivity contribution in [1.82, 2.24) is 0 Å². The maximum Gasteiger partial charge on any atom is 0.306 e. The number of hydrogen-bond acceptors (Lipinski definition) is 3. The number of ether oxygens (including phenoxy) is 1. The fourth-order valence-corrected chi connectivity index (χ4v) is 1.62. The van der Waals surface area contributed by atoms with Crippen molar-refractivity contribution in [2.45, 2.75) is 45.3 Å². The molecule has 0 aliphatic carbocycles. The van der Waals surface area contributed by atoms with Crippen LogP contribution in [0.2, 0.25) is 0 Å². The molecule has 0 aromatic heterocycles. The minimum absolute atomic E-state index is 0.148. The number of carbonyl (C=O) groups is 1. The highest BCUT2D eigenvalue weighted by molar-refractivity contribution is 5.69. The largest absolute Gasteiger partial charge is 0.458 e. The lowest BCUT2D eigenvalue weighted by Gasteiger charge is -2.13. The second-order valence-electron chi connectivity index (χ2n) is 4.41. The molecule has 0 spiro atoms. The zero-order valence-corrected chi connectivity index (χ0v) is 10.6. The second-order valence-corrected chi connectivity index (χ2v) is 4.41. The predicted octanol–water partition coefficient (Wildman–Crippen LogP) is 2.81. The van der Waals surface area contributed by atoms with Crippen LogP contribution < -0.4 is 5.73 Å². The second kappa shape index (κ2) is 7.07. The van der Waals surface area contributed by atoms with E-state index in [1.807, 2.05) is 44.2 Å². The minimum Gasteiger partial charge on any atom is -0.458 e. The van der Waals surface area contributed by atoms with Gasteiger partial charge in [-0.1, -0.05) is 30.3 Å². The molecule has 2 N–H and O–H groups in total. The van der Waals surface area contributed by atoms with Gasteiger partial charge in [-0.05, 0) is 32.3 Å². The molecule has 0 aliphatic rings. The molecule has 0 heterocycles. The molecule has 3 heteroatoms. The molecule has 1 rings (SSSR count). The summed E-state index contributed by atoms with van der Waals surface area (Å²) < 4.78 is 5.34. The van der Waals surface area contributed by atoms with Gasteiger partial charge in [0.25, 0.3) is 0 Å². The van der Waals surface area contributed by atoms with Gasteiger partial charge in [-0.15, -0.1) is 0 Å². The Bertz CT molecular complexity index is 335. The molecule has 0 amide bonds. The third-order valence-corrected chi connectivity index (χ3v) is 2.62. The summed E-state index contributed by atoms with van der Waals surface area (Å²) in [6.07, 6.45) is 1.91. The topological polar surface area (TPSA) is 52.3 Å². The van der Waals surface area contributed by atoms with Gasteiger partial charge in [-0.2, -0.15) is 0 Å². The predicted molar refractivity (Wildman–Crippen MR) is 68.4 cm³/mol. The minimum atomic E-state index is -0.181. The number of rotatable bonds is 6. The molecule has 94 valence electrons. The highest BCUT2D eigenvalue weighted by atomic mass is 16.5. The summed E-state index contributed by atoms with van der Waals surface area (Å²) in [4.78, 5) is 11.5. The molecule has 0 fully saturated rings. The Morgan fingerprint density at radius 2 is 1.94 bits per heavy atom. The molecule has 17 heavy (non-hydrogen) atoms. The fourth-order valence-electron chi connectivity index (χ4n) is 1.62. The fraction of sp³-hybridized carbons (Fsp3) is 0.500. The van der Waals surface area contributed by atoms with Gasteiger partial charge in [0.2, 0.25) is 0 Å². The SMILES string of the molecule is CC(N)CCCC(=O)OC(C)c1ccccc1. The average molecular weight is 235 g/mol. The summed E-state index contributed by atoms with van der Waals surface area (Å²) >= 11 is 0. The summed E-state index contributed by atoms with van der Waals surface area (Å²) in [6.45, 7) is 3.83. The van der Waals surface area contributed by atoms with E-state index in [9.17, 15) is 4.79 Å². The van der Waals surface area contributed by atoms with E-state index >= 15 is 0 Å². The number of carbonyl (C=O) groups excluding carboxylic acids is 1. The number of hydrogen-bond donors (Lipinski definition) is 1. The van der Waals surface area contributed by atoms with Crippen LogP contribution in [0.25, 0.3) is 0 Å². The zero-order chi connectivity index (χ0) is 12.7. The van der Waals surface area contributed by atoms with Gasteiger partial charge in [0.15, 0.2) is 0 Å². The van der Waals surface area contributed by atoms with Crippen molar-refractivity contribution in [3.63, 3.8) is 0 Å². The van der Waals surface area contributed by atoms with Crippen LogP contribution in [0.15, 0.2) is 30.3 Å². The maximum atomic E-state index is 11.5. The van der Waals surface area contributed by atoms with Crippen LogP contribution in [0.1, 0.15) is 44.8 Å². The third-order valence-electron chi connectivity index (χ3n) is 2.62. The number of benzene rings is 1. The molecule has 1 aromatic carbocycles. The molecule has 0 aliphatic heterocycles. The highest BCUT2D eigenvalue weighted by Crippen LogP contribution is 2.17. The molecule has 3 nitrogen and oxygen atoms in total. The van der Waals surface area contributed by atoms with Crippen molar-refractivity contribution in [2.24, 2.45) is 5.73 Å². The van der Waals surface area contributed by atoms with E-state index < -0.39 is 0 Å². The van der Waals surface area contributed by atoms with Gasteiger partial charge in [-0.3, -0.25) is 4.79 Å². The molecule has 0 saturated heterocycles. The summed E-state index contributed by atoms with van der Waals surface area (Å²) in [5, 5.41) is 0. The lowest BCUT2D eigenvalue weighted by atomic mass is 10.1. The van der Waals surface area contributed by atoms with E-state index in [0.717, 1.165) is 18.4 Å². The molecule has 0 radical (unpaired) electrons.